The van der Waals surface area contributed by atoms with Gasteiger partial charge in [-0.25, -0.2) is 8.42 Å². The average molecular weight is 496 g/mol. The highest BCUT2D eigenvalue weighted by Gasteiger charge is 2.37. The molecule has 1 amide bonds. The zero-order chi connectivity index (χ0) is 24.3. The van der Waals surface area contributed by atoms with Crippen LogP contribution in [-0.2, 0) is 10.0 Å². The monoisotopic (exact) mass is 495 g/mol. The van der Waals surface area contributed by atoms with Crippen molar-refractivity contribution < 1.29 is 13.2 Å². The van der Waals surface area contributed by atoms with Gasteiger partial charge in [0.25, 0.3) is 15.9 Å². The Morgan fingerprint density at radius 1 is 1.15 bits per heavy atom. The minimum atomic E-state index is -3.95. The van der Waals surface area contributed by atoms with Gasteiger partial charge in [-0.1, -0.05) is 29.8 Å². The minimum Gasteiger partial charge on any atom is -0.327 e. The maximum Gasteiger partial charge on any atom is 0.264 e. The summed E-state index contributed by atoms with van der Waals surface area (Å²) in [6.45, 7) is 5.72. The van der Waals surface area contributed by atoms with Crippen molar-refractivity contribution in [2.24, 2.45) is 0 Å². The molecule has 1 aliphatic rings. The van der Waals surface area contributed by atoms with Gasteiger partial charge in [-0.3, -0.25) is 14.1 Å². The minimum absolute atomic E-state index is 0.0383. The standard InChI is InChI=1S/C26H26ClN3O3S/c1-3-17-29(22-12-10-21(27)11-13-22)34(32,33)24-8-6-7-20(18-24)26(31)30(23-14-15-23)19(2)25-9-4-5-16-28-25/h3-13,16,18-19,23H,1,14-15,17H2,2H3. The highest BCUT2D eigenvalue weighted by Crippen LogP contribution is 2.35. The quantitative estimate of drug-likeness (QED) is 0.368. The highest BCUT2D eigenvalue weighted by atomic mass is 35.5. The first-order valence-electron chi connectivity index (χ1n) is 11.1. The predicted octanol–water partition coefficient (Wildman–Crippen LogP) is 5.48. The summed E-state index contributed by atoms with van der Waals surface area (Å²) in [5.41, 5.74) is 1.58. The fourth-order valence-corrected chi connectivity index (χ4v) is 5.52. The molecule has 4 rings (SSSR count). The number of nitrogens with zero attached hydrogens (tertiary/aromatic N) is 3. The molecular formula is C26H26ClN3O3S. The lowest BCUT2D eigenvalue weighted by atomic mass is 10.1. The van der Waals surface area contributed by atoms with Crippen LogP contribution in [0, 0.1) is 0 Å². The van der Waals surface area contributed by atoms with Crippen LogP contribution >= 0.6 is 11.6 Å². The normalized spacial score (nSPS) is 14.3. The molecule has 1 aliphatic carbocycles. The number of sulfonamides is 1. The summed E-state index contributed by atoms with van der Waals surface area (Å²) in [7, 11) is -3.95. The molecule has 1 atom stereocenters. The van der Waals surface area contributed by atoms with Crippen molar-refractivity contribution in [1.29, 1.82) is 0 Å². The molecule has 176 valence electrons. The Labute approximate surface area is 205 Å². The van der Waals surface area contributed by atoms with Gasteiger partial charge in [0.1, 0.15) is 0 Å². The van der Waals surface area contributed by atoms with Crippen LogP contribution in [0.4, 0.5) is 5.69 Å². The molecule has 1 fully saturated rings. The Kier molecular flexibility index (Phi) is 7.05. The fourth-order valence-electron chi connectivity index (χ4n) is 3.91. The Bertz CT molecular complexity index is 1280. The van der Waals surface area contributed by atoms with Gasteiger partial charge in [0, 0.05) is 22.8 Å². The van der Waals surface area contributed by atoms with E-state index in [0.29, 0.717) is 16.3 Å². The molecule has 0 aliphatic heterocycles. The van der Waals surface area contributed by atoms with E-state index in [-0.39, 0.29) is 29.4 Å². The van der Waals surface area contributed by atoms with Crippen LogP contribution in [0.15, 0.2) is 90.5 Å². The lowest BCUT2D eigenvalue weighted by Crippen LogP contribution is -2.36. The van der Waals surface area contributed by atoms with E-state index in [1.807, 2.05) is 30.0 Å². The van der Waals surface area contributed by atoms with E-state index >= 15 is 0 Å². The number of pyridine rings is 1. The van der Waals surface area contributed by atoms with Crippen LogP contribution in [0.25, 0.3) is 0 Å². The van der Waals surface area contributed by atoms with Crippen molar-refractivity contribution in [3.63, 3.8) is 0 Å². The predicted molar refractivity (Wildman–Crippen MR) is 134 cm³/mol. The molecule has 0 saturated heterocycles. The van der Waals surface area contributed by atoms with Crippen molar-refractivity contribution in [2.45, 2.75) is 36.7 Å². The second-order valence-corrected chi connectivity index (χ2v) is 10.5. The second kappa shape index (κ2) is 9.99. The number of anilines is 1. The van der Waals surface area contributed by atoms with Crippen LogP contribution < -0.4 is 4.31 Å². The van der Waals surface area contributed by atoms with E-state index in [2.05, 4.69) is 11.6 Å². The number of amides is 1. The van der Waals surface area contributed by atoms with Gasteiger partial charge in [0.15, 0.2) is 0 Å². The summed E-state index contributed by atoms with van der Waals surface area (Å²) < 4.78 is 28.4. The molecule has 1 heterocycles. The first-order valence-corrected chi connectivity index (χ1v) is 12.9. The van der Waals surface area contributed by atoms with E-state index in [1.54, 1.807) is 42.6 Å². The molecule has 0 spiro atoms. The Balaban J connectivity index is 1.67. The second-order valence-electron chi connectivity index (χ2n) is 8.20. The van der Waals surface area contributed by atoms with Crippen LogP contribution in [0.2, 0.25) is 5.02 Å². The average Bonchev–Trinajstić information content (AvgIpc) is 3.69. The molecule has 8 heteroatoms. The topological polar surface area (TPSA) is 70.6 Å². The van der Waals surface area contributed by atoms with Crippen molar-refractivity contribution in [3.05, 3.63) is 102 Å². The van der Waals surface area contributed by atoms with Crippen molar-refractivity contribution in [2.75, 3.05) is 10.8 Å². The molecule has 6 nitrogen and oxygen atoms in total. The molecule has 1 unspecified atom stereocenters. The van der Waals surface area contributed by atoms with Crippen molar-refractivity contribution >= 4 is 33.2 Å². The zero-order valence-corrected chi connectivity index (χ0v) is 20.4. The van der Waals surface area contributed by atoms with Gasteiger partial charge >= 0.3 is 0 Å². The third kappa shape index (κ3) is 5.00. The molecule has 3 aromatic rings. The van der Waals surface area contributed by atoms with Crippen LogP contribution in [0.5, 0.6) is 0 Å². The summed E-state index contributed by atoms with van der Waals surface area (Å²) in [4.78, 5) is 19.8. The zero-order valence-electron chi connectivity index (χ0n) is 18.8. The number of benzene rings is 2. The van der Waals surface area contributed by atoms with Gasteiger partial charge < -0.3 is 4.90 Å². The summed E-state index contributed by atoms with van der Waals surface area (Å²) in [5, 5.41) is 0.509. The molecular weight excluding hydrogens is 470 g/mol. The molecule has 2 aromatic carbocycles. The maximum absolute atomic E-state index is 13.6. The SMILES string of the molecule is C=CCN(c1ccc(Cl)cc1)S(=O)(=O)c1cccc(C(=O)N(C2CC2)C(C)c2ccccn2)c1. The number of aromatic nitrogens is 1. The molecule has 34 heavy (non-hydrogen) atoms. The molecule has 0 bridgehead atoms. The van der Waals surface area contributed by atoms with Gasteiger partial charge in [0.2, 0.25) is 0 Å². The van der Waals surface area contributed by atoms with Crippen LogP contribution in [-0.4, -0.2) is 36.8 Å². The first-order chi connectivity index (χ1) is 16.3. The third-order valence-corrected chi connectivity index (χ3v) is 7.83. The number of rotatable bonds is 9. The van der Waals surface area contributed by atoms with E-state index < -0.39 is 10.0 Å². The number of carbonyl (C=O) groups excluding carboxylic acids is 1. The Morgan fingerprint density at radius 3 is 2.50 bits per heavy atom. The first kappa shape index (κ1) is 24.0. The molecule has 1 aromatic heterocycles. The highest BCUT2D eigenvalue weighted by molar-refractivity contribution is 7.92. The van der Waals surface area contributed by atoms with Crippen molar-refractivity contribution in [3.8, 4) is 0 Å². The molecule has 0 radical (unpaired) electrons. The Hall–Kier alpha value is -3.16. The van der Waals surface area contributed by atoms with Gasteiger partial charge in [-0.2, -0.15) is 0 Å². The lowest BCUT2D eigenvalue weighted by Gasteiger charge is -2.29. The smallest absolute Gasteiger partial charge is 0.264 e. The third-order valence-electron chi connectivity index (χ3n) is 5.79. The summed E-state index contributed by atoms with van der Waals surface area (Å²) >= 11 is 5.98. The van der Waals surface area contributed by atoms with Crippen molar-refractivity contribution in [1.82, 2.24) is 9.88 Å². The molecule has 0 N–H and O–H groups in total. The number of halogens is 1. The van der Waals surface area contributed by atoms with Gasteiger partial charge in [0.05, 0.1) is 28.9 Å². The van der Waals surface area contributed by atoms with Crippen LogP contribution in [0.1, 0.15) is 41.9 Å². The Morgan fingerprint density at radius 2 is 1.88 bits per heavy atom. The summed E-state index contributed by atoms with van der Waals surface area (Å²) in [5.74, 6) is -0.209. The van der Waals surface area contributed by atoms with E-state index in [9.17, 15) is 13.2 Å². The lowest BCUT2D eigenvalue weighted by molar-refractivity contribution is 0.0670. The van der Waals surface area contributed by atoms with E-state index in [1.165, 1.54) is 22.5 Å². The molecule has 1 saturated carbocycles. The summed E-state index contributed by atoms with van der Waals surface area (Å²) in [6.07, 6.45) is 5.07. The maximum atomic E-state index is 13.6. The van der Waals surface area contributed by atoms with E-state index in [0.717, 1.165) is 18.5 Å². The van der Waals surface area contributed by atoms with E-state index in [4.69, 9.17) is 11.6 Å². The van der Waals surface area contributed by atoms with Gasteiger partial charge in [-0.05, 0) is 74.4 Å². The van der Waals surface area contributed by atoms with Gasteiger partial charge in [-0.15, -0.1) is 6.58 Å². The fraction of sp³-hybridized carbons (Fsp3) is 0.231. The number of carbonyl (C=O) groups is 1. The number of hydrogen-bond acceptors (Lipinski definition) is 4. The largest absolute Gasteiger partial charge is 0.327 e. The summed E-state index contributed by atoms with van der Waals surface area (Å²) in [6, 6.07) is 18.3. The number of hydrogen-bond donors (Lipinski definition) is 0. The van der Waals surface area contributed by atoms with Crippen LogP contribution in [0.3, 0.4) is 0 Å².